The van der Waals surface area contributed by atoms with Crippen LogP contribution in [0.1, 0.15) is 16.1 Å². The normalized spacial score (nSPS) is 15.9. The predicted molar refractivity (Wildman–Crippen MR) is 45.9 cm³/mol. The molecule has 4 heteroatoms. The molecular weight excluding hydrogens is 222 g/mol. The summed E-state index contributed by atoms with van der Waals surface area (Å²) in [5, 5.41) is 0. The molecule has 1 aromatic rings. The molecule has 2 rings (SSSR count). The number of carbonyl (C=O) groups is 1. The van der Waals surface area contributed by atoms with Crippen LogP contribution in [0, 0.1) is 0 Å². The van der Waals surface area contributed by atoms with E-state index in [0.717, 1.165) is 10.3 Å². The van der Waals surface area contributed by atoms with Crippen molar-refractivity contribution in [3.63, 3.8) is 0 Å². The van der Waals surface area contributed by atoms with E-state index in [4.69, 9.17) is 4.74 Å². The van der Waals surface area contributed by atoms with E-state index in [0.29, 0.717) is 12.2 Å². The number of ether oxygens (including phenoxy) is 1. The molecule has 0 spiro atoms. The lowest BCUT2D eigenvalue weighted by molar-refractivity contribution is 0.0654. The zero-order chi connectivity index (χ0) is 8.55. The van der Waals surface area contributed by atoms with Gasteiger partial charge in [-0.25, -0.2) is 4.98 Å². The van der Waals surface area contributed by atoms with Gasteiger partial charge in [0.1, 0.15) is 11.2 Å². The van der Waals surface area contributed by atoms with Gasteiger partial charge in [0, 0.05) is 5.56 Å². The van der Waals surface area contributed by atoms with Crippen LogP contribution >= 0.6 is 15.9 Å². The zero-order valence-corrected chi connectivity index (χ0v) is 7.80. The van der Waals surface area contributed by atoms with Crippen LogP contribution in [0.2, 0.25) is 0 Å². The van der Waals surface area contributed by atoms with Crippen molar-refractivity contribution >= 4 is 21.7 Å². The van der Waals surface area contributed by atoms with E-state index >= 15 is 0 Å². The minimum atomic E-state index is 0.0104. The second kappa shape index (κ2) is 2.95. The van der Waals surface area contributed by atoms with Crippen molar-refractivity contribution in [1.29, 1.82) is 0 Å². The smallest absolute Gasteiger partial charge is 0.190 e. The number of fused-ring (bicyclic) bond motifs is 1. The summed E-state index contributed by atoms with van der Waals surface area (Å²) in [6.07, 6.45) is 0. The van der Waals surface area contributed by atoms with E-state index in [-0.39, 0.29) is 12.4 Å². The second-order valence-electron chi connectivity index (χ2n) is 2.54. The van der Waals surface area contributed by atoms with Crippen LogP contribution in [-0.4, -0.2) is 17.4 Å². The molecule has 0 aromatic carbocycles. The van der Waals surface area contributed by atoms with Gasteiger partial charge in [-0.1, -0.05) is 0 Å². The molecule has 3 nitrogen and oxygen atoms in total. The number of nitrogens with zero attached hydrogens (tertiary/aromatic N) is 1. The number of rotatable bonds is 0. The van der Waals surface area contributed by atoms with Crippen LogP contribution < -0.4 is 0 Å². The van der Waals surface area contributed by atoms with Crippen molar-refractivity contribution in [2.24, 2.45) is 0 Å². The van der Waals surface area contributed by atoms with Crippen LogP contribution in [0.25, 0.3) is 0 Å². The van der Waals surface area contributed by atoms with Gasteiger partial charge in [0.15, 0.2) is 5.78 Å². The summed E-state index contributed by atoms with van der Waals surface area (Å²) in [6.45, 7) is 0.608. The third-order valence-corrected chi connectivity index (χ3v) is 2.15. The monoisotopic (exact) mass is 227 g/mol. The Labute approximate surface area is 77.9 Å². The Hall–Kier alpha value is -0.740. The largest absolute Gasteiger partial charge is 0.367 e. The highest BCUT2D eigenvalue weighted by Gasteiger charge is 2.18. The molecule has 0 bridgehead atoms. The van der Waals surface area contributed by atoms with Crippen molar-refractivity contribution in [3.05, 3.63) is 28.0 Å². The molecule has 0 amide bonds. The topological polar surface area (TPSA) is 39.2 Å². The van der Waals surface area contributed by atoms with Crippen molar-refractivity contribution < 1.29 is 9.53 Å². The molecule has 0 unspecified atom stereocenters. The standard InChI is InChI=1S/C8H6BrNO2/c9-8-2-1-5-6(10-8)3-12-4-7(5)11/h1-2H,3-4H2. The van der Waals surface area contributed by atoms with Crippen molar-refractivity contribution in [1.82, 2.24) is 4.98 Å². The summed E-state index contributed by atoms with van der Waals surface area (Å²) >= 11 is 3.23. The van der Waals surface area contributed by atoms with E-state index in [1.165, 1.54) is 0 Å². The molecule has 0 radical (unpaired) electrons. The van der Waals surface area contributed by atoms with Gasteiger partial charge in [-0.2, -0.15) is 0 Å². The lowest BCUT2D eigenvalue weighted by atomic mass is 10.1. The predicted octanol–water partition coefficient (Wildman–Crippen LogP) is 1.56. The minimum absolute atomic E-state index is 0.0104. The fourth-order valence-corrected chi connectivity index (χ4v) is 1.50. The summed E-state index contributed by atoms with van der Waals surface area (Å²) in [5.41, 5.74) is 1.41. The van der Waals surface area contributed by atoms with Gasteiger partial charge in [0.05, 0.1) is 12.3 Å². The highest BCUT2D eigenvalue weighted by Crippen LogP contribution is 2.17. The average molecular weight is 228 g/mol. The molecule has 62 valence electrons. The number of carbonyl (C=O) groups excluding carboxylic acids is 1. The Morgan fingerprint density at radius 3 is 3.08 bits per heavy atom. The Morgan fingerprint density at radius 2 is 2.25 bits per heavy atom. The van der Waals surface area contributed by atoms with Crippen LogP contribution in [0.4, 0.5) is 0 Å². The van der Waals surface area contributed by atoms with E-state index < -0.39 is 0 Å². The van der Waals surface area contributed by atoms with Gasteiger partial charge in [0.2, 0.25) is 0 Å². The van der Waals surface area contributed by atoms with Gasteiger partial charge in [-0.15, -0.1) is 0 Å². The zero-order valence-electron chi connectivity index (χ0n) is 6.21. The van der Waals surface area contributed by atoms with Crippen LogP contribution in [0.5, 0.6) is 0 Å². The first-order valence-electron chi connectivity index (χ1n) is 3.54. The van der Waals surface area contributed by atoms with E-state index in [9.17, 15) is 4.79 Å². The molecule has 0 saturated heterocycles. The fraction of sp³-hybridized carbons (Fsp3) is 0.250. The maximum absolute atomic E-state index is 11.2. The van der Waals surface area contributed by atoms with Gasteiger partial charge in [-0.05, 0) is 28.1 Å². The number of hydrogen-bond donors (Lipinski definition) is 0. The molecule has 0 aliphatic carbocycles. The van der Waals surface area contributed by atoms with Gasteiger partial charge in [-0.3, -0.25) is 4.79 Å². The Kier molecular flexibility index (Phi) is 1.94. The Bertz CT molecular complexity index is 338. The van der Waals surface area contributed by atoms with E-state index in [1.807, 2.05) is 0 Å². The molecule has 2 heterocycles. The van der Waals surface area contributed by atoms with Crippen LogP contribution in [0.3, 0.4) is 0 Å². The maximum Gasteiger partial charge on any atom is 0.190 e. The summed E-state index contributed by atoms with van der Waals surface area (Å²) < 4.78 is 5.77. The van der Waals surface area contributed by atoms with Crippen molar-refractivity contribution in [2.75, 3.05) is 6.61 Å². The molecule has 1 aliphatic rings. The lowest BCUT2D eigenvalue weighted by Gasteiger charge is -2.13. The van der Waals surface area contributed by atoms with Crippen molar-refractivity contribution in [3.8, 4) is 0 Å². The molecule has 0 N–H and O–H groups in total. The number of ketones is 1. The maximum atomic E-state index is 11.2. The van der Waals surface area contributed by atoms with E-state index in [1.54, 1.807) is 12.1 Å². The summed E-state index contributed by atoms with van der Waals surface area (Å²) in [4.78, 5) is 15.4. The third-order valence-electron chi connectivity index (χ3n) is 1.71. The Morgan fingerprint density at radius 1 is 1.42 bits per heavy atom. The van der Waals surface area contributed by atoms with Gasteiger partial charge < -0.3 is 4.74 Å². The van der Waals surface area contributed by atoms with Gasteiger partial charge in [0.25, 0.3) is 0 Å². The van der Waals surface area contributed by atoms with Gasteiger partial charge >= 0.3 is 0 Å². The average Bonchev–Trinajstić information content (AvgIpc) is 2.04. The quantitative estimate of drug-likeness (QED) is 0.632. The first-order chi connectivity index (χ1) is 5.77. The number of halogens is 1. The molecule has 0 fully saturated rings. The molecular formula is C8H6BrNO2. The molecule has 1 aromatic heterocycles. The summed E-state index contributed by atoms with van der Waals surface area (Å²) in [6, 6.07) is 3.54. The first-order valence-corrected chi connectivity index (χ1v) is 4.33. The highest BCUT2D eigenvalue weighted by atomic mass is 79.9. The number of hydrogen-bond acceptors (Lipinski definition) is 3. The van der Waals surface area contributed by atoms with Crippen LogP contribution in [-0.2, 0) is 11.3 Å². The van der Waals surface area contributed by atoms with E-state index in [2.05, 4.69) is 20.9 Å². The summed E-state index contributed by atoms with van der Waals surface area (Å²) in [5.74, 6) is 0.0104. The molecule has 12 heavy (non-hydrogen) atoms. The third kappa shape index (κ3) is 1.28. The Balaban J connectivity index is 2.53. The molecule has 0 saturated carbocycles. The number of aromatic nitrogens is 1. The molecule has 1 aliphatic heterocycles. The van der Waals surface area contributed by atoms with Crippen LogP contribution in [0.15, 0.2) is 16.7 Å². The summed E-state index contributed by atoms with van der Waals surface area (Å²) in [7, 11) is 0. The lowest BCUT2D eigenvalue weighted by Crippen LogP contribution is -2.19. The molecule has 0 atom stereocenters. The van der Waals surface area contributed by atoms with Crippen molar-refractivity contribution in [2.45, 2.75) is 6.61 Å². The SMILES string of the molecule is O=C1COCc2nc(Br)ccc21. The highest BCUT2D eigenvalue weighted by molar-refractivity contribution is 9.10. The fourth-order valence-electron chi connectivity index (χ4n) is 1.16. The number of Topliss-reactive ketones (excluding diaryl/α,β-unsaturated/α-hetero) is 1. The second-order valence-corrected chi connectivity index (χ2v) is 3.36. The first kappa shape index (κ1) is 7.89. The number of pyridine rings is 1. The minimum Gasteiger partial charge on any atom is -0.367 e.